The van der Waals surface area contributed by atoms with E-state index >= 15 is 0 Å². The average Bonchev–Trinajstić information content (AvgIpc) is 2.70. The predicted octanol–water partition coefficient (Wildman–Crippen LogP) is -1.59. The lowest BCUT2D eigenvalue weighted by Crippen LogP contribution is -2.59. The molecule has 0 rings (SSSR count). The van der Waals surface area contributed by atoms with Gasteiger partial charge in [-0.05, 0) is 18.3 Å². The van der Waals surface area contributed by atoms with Gasteiger partial charge >= 0.3 is 11.9 Å². The van der Waals surface area contributed by atoms with E-state index in [9.17, 15) is 34.2 Å². The van der Waals surface area contributed by atoms with Gasteiger partial charge in [0, 0.05) is 6.42 Å². The Balaban J connectivity index is 5.34. The molecule has 0 fully saturated rings. The minimum absolute atomic E-state index is 0.192. The third-order valence-electron chi connectivity index (χ3n) is 4.89. The summed E-state index contributed by atoms with van der Waals surface area (Å²) in [5, 5.41) is 34.4. The lowest BCUT2D eigenvalue weighted by Gasteiger charge is -2.25. The number of aliphatic hydroxyl groups excluding tert-OH is 1. The Bertz CT molecular complexity index is 655. The number of carboxylic acid groups (broad SMARTS) is 2. The summed E-state index contributed by atoms with van der Waals surface area (Å²) >= 11 is 0. The highest BCUT2D eigenvalue weighted by molar-refractivity contribution is 5.94. The first kappa shape index (κ1) is 28.3. The van der Waals surface area contributed by atoms with Crippen LogP contribution in [0, 0.1) is 11.8 Å². The van der Waals surface area contributed by atoms with Gasteiger partial charge in [-0.2, -0.15) is 0 Å². The third-order valence-corrected chi connectivity index (χ3v) is 4.89. The van der Waals surface area contributed by atoms with E-state index in [-0.39, 0.29) is 12.3 Å². The number of aliphatic carboxylic acids is 2. The van der Waals surface area contributed by atoms with Crippen molar-refractivity contribution in [1.82, 2.24) is 16.0 Å². The summed E-state index contributed by atoms with van der Waals surface area (Å²) in [5.74, 6) is -5.62. The van der Waals surface area contributed by atoms with Gasteiger partial charge in [-0.25, -0.2) is 4.79 Å². The average molecular weight is 447 g/mol. The second kappa shape index (κ2) is 13.5. The van der Waals surface area contributed by atoms with Gasteiger partial charge in [0.25, 0.3) is 0 Å². The molecule has 3 amide bonds. The summed E-state index contributed by atoms with van der Waals surface area (Å²) in [4.78, 5) is 59.4. The van der Waals surface area contributed by atoms with E-state index in [4.69, 9.17) is 10.8 Å². The molecule has 5 unspecified atom stereocenters. The highest BCUT2D eigenvalue weighted by atomic mass is 16.4. The zero-order valence-corrected chi connectivity index (χ0v) is 18.3. The number of carbonyl (C=O) groups is 5. The number of carbonyl (C=O) groups excluding carboxylic acids is 3. The Hall–Kier alpha value is -2.73. The van der Waals surface area contributed by atoms with Crippen LogP contribution in [0.2, 0.25) is 0 Å². The highest BCUT2D eigenvalue weighted by Crippen LogP contribution is 2.07. The van der Waals surface area contributed by atoms with Gasteiger partial charge in [0.1, 0.15) is 18.1 Å². The first-order chi connectivity index (χ1) is 14.3. The van der Waals surface area contributed by atoms with Crippen LogP contribution in [0.5, 0.6) is 0 Å². The fourth-order valence-electron chi connectivity index (χ4n) is 2.55. The molecule has 0 aromatic carbocycles. The van der Waals surface area contributed by atoms with Crippen LogP contribution in [0.3, 0.4) is 0 Å². The highest BCUT2D eigenvalue weighted by Gasteiger charge is 2.31. The molecular weight excluding hydrogens is 412 g/mol. The molecule has 0 aliphatic heterocycles. The van der Waals surface area contributed by atoms with Crippen molar-refractivity contribution in [2.24, 2.45) is 17.6 Å². The summed E-state index contributed by atoms with van der Waals surface area (Å²) in [5.41, 5.74) is 5.84. The van der Waals surface area contributed by atoms with E-state index in [1.54, 1.807) is 20.8 Å². The zero-order chi connectivity index (χ0) is 24.3. The van der Waals surface area contributed by atoms with Gasteiger partial charge in [-0.15, -0.1) is 0 Å². The van der Waals surface area contributed by atoms with Crippen LogP contribution in [0.25, 0.3) is 0 Å². The van der Waals surface area contributed by atoms with Crippen molar-refractivity contribution in [2.75, 3.05) is 6.61 Å². The molecule has 0 aliphatic rings. The first-order valence-corrected chi connectivity index (χ1v) is 10.1. The van der Waals surface area contributed by atoms with Crippen LogP contribution in [-0.4, -0.2) is 75.8 Å². The first-order valence-electron chi connectivity index (χ1n) is 10.1. The molecular formula is C19H34N4O8. The lowest BCUT2D eigenvalue weighted by molar-refractivity contribution is -0.143. The van der Waals surface area contributed by atoms with Crippen LogP contribution in [0.4, 0.5) is 0 Å². The molecule has 8 N–H and O–H groups in total. The van der Waals surface area contributed by atoms with Gasteiger partial charge in [0.2, 0.25) is 17.7 Å². The van der Waals surface area contributed by atoms with Crippen molar-refractivity contribution in [2.45, 2.75) is 71.1 Å². The standard InChI is InChI=1S/C19H34N4O8/c1-5-10(4)14(20)18(29)21-11(6-7-13(25)26)16(27)22-12(8-24)17(28)23-15(9(2)3)19(30)31/h9-12,14-15,24H,5-8,20H2,1-4H3,(H,21,29)(H,22,27)(H,23,28)(H,25,26)(H,30,31). The van der Waals surface area contributed by atoms with Crippen molar-refractivity contribution < 1.29 is 39.3 Å². The Morgan fingerprint density at radius 3 is 1.81 bits per heavy atom. The molecule has 0 spiro atoms. The molecule has 0 radical (unpaired) electrons. The summed E-state index contributed by atoms with van der Waals surface area (Å²) in [6, 6.07) is -4.99. The van der Waals surface area contributed by atoms with Crippen molar-refractivity contribution >= 4 is 29.7 Å². The van der Waals surface area contributed by atoms with Gasteiger partial charge in [0.05, 0.1) is 12.6 Å². The molecule has 0 saturated heterocycles. The van der Waals surface area contributed by atoms with Crippen molar-refractivity contribution in [3.8, 4) is 0 Å². The molecule has 31 heavy (non-hydrogen) atoms. The second-order valence-corrected chi connectivity index (χ2v) is 7.72. The second-order valence-electron chi connectivity index (χ2n) is 7.72. The normalized spacial score (nSPS) is 15.8. The number of nitrogens with two attached hydrogens (primary N) is 1. The number of hydrogen-bond acceptors (Lipinski definition) is 7. The zero-order valence-electron chi connectivity index (χ0n) is 18.3. The molecule has 12 nitrogen and oxygen atoms in total. The number of amides is 3. The minimum Gasteiger partial charge on any atom is -0.481 e. The predicted molar refractivity (Wildman–Crippen MR) is 110 cm³/mol. The van der Waals surface area contributed by atoms with E-state index in [0.29, 0.717) is 6.42 Å². The van der Waals surface area contributed by atoms with E-state index in [0.717, 1.165) is 0 Å². The number of hydrogen-bond donors (Lipinski definition) is 7. The summed E-state index contributed by atoms with van der Waals surface area (Å²) in [7, 11) is 0. The third kappa shape index (κ3) is 9.75. The molecule has 0 saturated carbocycles. The number of rotatable bonds is 14. The number of aliphatic hydroxyl groups is 1. The lowest BCUT2D eigenvalue weighted by atomic mass is 9.98. The van der Waals surface area contributed by atoms with Gasteiger partial charge in [-0.1, -0.05) is 34.1 Å². The number of nitrogens with one attached hydrogen (secondary N) is 3. The quantitative estimate of drug-likeness (QED) is 0.164. The molecule has 0 heterocycles. The Morgan fingerprint density at radius 1 is 0.871 bits per heavy atom. The fourth-order valence-corrected chi connectivity index (χ4v) is 2.55. The van der Waals surface area contributed by atoms with Crippen molar-refractivity contribution in [3.63, 3.8) is 0 Å². The Kier molecular flexibility index (Phi) is 12.4. The minimum atomic E-state index is -1.50. The fraction of sp³-hybridized carbons (Fsp3) is 0.737. The van der Waals surface area contributed by atoms with E-state index in [1.165, 1.54) is 0 Å². The van der Waals surface area contributed by atoms with E-state index in [1.807, 2.05) is 6.92 Å². The monoisotopic (exact) mass is 446 g/mol. The van der Waals surface area contributed by atoms with E-state index < -0.39 is 72.8 Å². The van der Waals surface area contributed by atoms with Crippen LogP contribution < -0.4 is 21.7 Å². The van der Waals surface area contributed by atoms with Crippen molar-refractivity contribution in [3.05, 3.63) is 0 Å². The topological polar surface area (TPSA) is 208 Å². The smallest absolute Gasteiger partial charge is 0.326 e. The Labute approximate surface area is 180 Å². The molecule has 0 aromatic rings. The van der Waals surface area contributed by atoms with Crippen molar-refractivity contribution in [1.29, 1.82) is 0 Å². The van der Waals surface area contributed by atoms with Crippen LogP contribution in [-0.2, 0) is 24.0 Å². The summed E-state index contributed by atoms with van der Waals surface area (Å²) in [6.45, 7) is 5.88. The van der Waals surface area contributed by atoms with E-state index in [2.05, 4.69) is 16.0 Å². The molecule has 0 aliphatic carbocycles. The Morgan fingerprint density at radius 2 is 1.39 bits per heavy atom. The maximum atomic E-state index is 12.6. The summed E-state index contributed by atoms with van der Waals surface area (Å²) in [6.07, 6.45) is -0.112. The van der Waals surface area contributed by atoms with Crippen LogP contribution in [0.1, 0.15) is 47.0 Å². The largest absolute Gasteiger partial charge is 0.481 e. The SMILES string of the molecule is CCC(C)C(N)C(=O)NC(CCC(=O)O)C(=O)NC(CO)C(=O)NC(C(=O)O)C(C)C. The van der Waals surface area contributed by atoms with Crippen LogP contribution >= 0.6 is 0 Å². The number of carboxylic acids is 2. The molecule has 12 heteroatoms. The van der Waals surface area contributed by atoms with Gasteiger partial charge < -0.3 is 37.0 Å². The molecule has 178 valence electrons. The molecule has 5 atom stereocenters. The molecule has 0 aromatic heterocycles. The molecule has 0 bridgehead atoms. The maximum Gasteiger partial charge on any atom is 0.326 e. The summed E-state index contributed by atoms with van der Waals surface area (Å²) < 4.78 is 0. The van der Waals surface area contributed by atoms with Gasteiger partial charge in [0.15, 0.2) is 0 Å². The van der Waals surface area contributed by atoms with Gasteiger partial charge in [-0.3, -0.25) is 19.2 Å². The maximum absolute atomic E-state index is 12.6. The van der Waals surface area contributed by atoms with Crippen LogP contribution in [0.15, 0.2) is 0 Å².